The zero-order valence-electron chi connectivity index (χ0n) is 12.3. The van der Waals surface area contributed by atoms with Crippen molar-refractivity contribution in [2.24, 2.45) is 0 Å². The molecule has 0 bridgehead atoms. The molecule has 3 aromatic rings. The first kappa shape index (κ1) is 13.6. The number of aromatic amines is 1. The van der Waals surface area contributed by atoms with E-state index in [1.54, 1.807) is 18.1 Å². The fraction of sp³-hybridized carbons (Fsp3) is 0.312. The minimum Gasteiger partial charge on any atom is -0.363 e. The smallest absolute Gasteiger partial charge is 0.161 e. The van der Waals surface area contributed by atoms with E-state index in [2.05, 4.69) is 49.7 Å². The van der Waals surface area contributed by atoms with Gasteiger partial charge >= 0.3 is 0 Å². The molecule has 1 unspecified atom stereocenters. The molecule has 112 valence electrons. The summed E-state index contributed by atoms with van der Waals surface area (Å²) in [6.45, 7) is 0. The van der Waals surface area contributed by atoms with Crippen LogP contribution in [0, 0.1) is 0 Å². The van der Waals surface area contributed by atoms with E-state index in [9.17, 15) is 0 Å². The van der Waals surface area contributed by atoms with Crippen LogP contribution in [0.5, 0.6) is 0 Å². The van der Waals surface area contributed by atoms with Crippen LogP contribution in [0.25, 0.3) is 11.0 Å². The highest BCUT2D eigenvalue weighted by Gasteiger charge is 2.22. The van der Waals surface area contributed by atoms with Crippen molar-refractivity contribution in [3.05, 3.63) is 41.7 Å². The van der Waals surface area contributed by atoms with Crippen molar-refractivity contribution in [3.63, 3.8) is 0 Å². The summed E-state index contributed by atoms with van der Waals surface area (Å²) in [6.07, 6.45) is 7.08. The molecular weight excluding hydrogens is 294 g/mol. The largest absolute Gasteiger partial charge is 0.363 e. The average molecular weight is 311 g/mol. The summed E-state index contributed by atoms with van der Waals surface area (Å²) in [5.74, 6) is 0.866. The molecule has 0 saturated carbocycles. The lowest BCUT2D eigenvalue weighted by molar-refractivity contribution is 0.599. The minimum absolute atomic E-state index is 0.299. The number of aryl methyl sites for hydroxylation is 1. The lowest BCUT2D eigenvalue weighted by Gasteiger charge is -2.27. The van der Waals surface area contributed by atoms with E-state index in [1.165, 1.54) is 17.5 Å². The Kier molecular flexibility index (Phi) is 3.46. The number of H-pyrrole nitrogens is 1. The van der Waals surface area contributed by atoms with E-state index in [0.717, 1.165) is 34.7 Å². The normalized spacial score (nSPS) is 17.4. The monoisotopic (exact) mass is 311 g/mol. The van der Waals surface area contributed by atoms with E-state index >= 15 is 0 Å². The second-order valence-corrected chi connectivity index (χ2v) is 6.26. The number of benzene rings is 1. The predicted octanol–water partition coefficient (Wildman–Crippen LogP) is 3.56. The first-order valence-corrected chi connectivity index (χ1v) is 8.66. The number of anilines is 1. The number of aromatic nitrogens is 4. The van der Waals surface area contributed by atoms with Gasteiger partial charge in [0.2, 0.25) is 0 Å². The molecule has 4 rings (SSSR count). The van der Waals surface area contributed by atoms with E-state index in [4.69, 9.17) is 0 Å². The minimum atomic E-state index is 0.299. The Morgan fingerprint density at radius 1 is 1.27 bits per heavy atom. The van der Waals surface area contributed by atoms with Crippen LogP contribution in [-0.2, 0) is 6.42 Å². The maximum atomic E-state index is 4.46. The lowest BCUT2D eigenvalue weighted by atomic mass is 9.88. The summed E-state index contributed by atoms with van der Waals surface area (Å²) in [5.41, 5.74) is 3.61. The number of hydrogen-bond donors (Lipinski definition) is 2. The summed E-state index contributed by atoms with van der Waals surface area (Å²) in [6, 6.07) is 8.97. The number of hydrogen-bond acceptors (Lipinski definition) is 5. The van der Waals surface area contributed by atoms with Gasteiger partial charge in [-0.3, -0.25) is 5.10 Å². The topological polar surface area (TPSA) is 66.5 Å². The Bertz CT molecular complexity index is 813. The van der Waals surface area contributed by atoms with Gasteiger partial charge < -0.3 is 5.32 Å². The van der Waals surface area contributed by atoms with Crippen LogP contribution < -0.4 is 5.32 Å². The maximum absolute atomic E-state index is 4.46. The SMILES string of the molecule is CSc1n[nH]c2ncnc(NC3CCCc4ccccc43)c12. The van der Waals surface area contributed by atoms with Crippen LogP contribution in [0.2, 0.25) is 0 Å². The molecule has 0 aliphatic heterocycles. The first-order chi connectivity index (χ1) is 10.9. The van der Waals surface area contributed by atoms with Gasteiger partial charge in [0.1, 0.15) is 17.2 Å². The molecular formula is C16H17N5S. The Morgan fingerprint density at radius 3 is 3.09 bits per heavy atom. The highest BCUT2D eigenvalue weighted by atomic mass is 32.2. The molecule has 0 saturated heterocycles. The molecule has 0 fully saturated rings. The zero-order chi connectivity index (χ0) is 14.9. The summed E-state index contributed by atoms with van der Waals surface area (Å²) in [4.78, 5) is 8.72. The van der Waals surface area contributed by atoms with Crippen LogP contribution >= 0.6 is 11.8 Å². The van der Waals surface area contributed by atoms with Crippen molar-refractivity contribution in [2.45, 2.75) is 30.3 Å². The predicted molar refractivity (Wildman–Crippen MR) is 89.2 cm³/mol. The standard InChI is InChI=1S/C16H17N5S/c1-22-16-13-14(17-9-18-15(13)20-21-16)19-12-8-4-6-10-5-2-3-7-11(10)12/h2-3,5,7,9,12H,4,6,8H2,1H3,(H2,17,18,19,20,21). The van der Waals surface area contributed by atoms with E-state index in [-0.39, 0.29) is 0 Å². The number of rotatable bonds is 3. The Balaban J connectivity index is 1.74. The van der Waals surface area contributed by atoms with Crippen LogP contribution in [0.1, 0.15) is 30.0 Å². The third-order valence-electron chi connectivity index (χ3n) is 4.20. The molecule has 2 heterocycles. The van der Waals surface area contributed by atoms with Gasteiger partial charge in [0.15, 0.2) is 5.65 Å². The molecule has 0 spiro atoms. The van der Waals surface area contributed by atoms with Crippen molar-refractivity contribution in [1.82, 2.24) is 20.2 Å². The fourth-order valence-corrected chi connectivity index (χ4v) is 3.69. The van der Waals surface area contributed by atoms with Crippen molar-refractivity contribution in [2.75, 3.05) is 11.6 Å². The molecule has 1 aromatic carbocycles. The third-order valence-corrected chi connectivity index (χ3v) is 4.88. The summed E-state index contributed by atoms with van der Waals surface area (Å²) in [5, 5.41) is 12.8. The van der Waals surface area contributed by atoms with Gasteiger partial charge in [0.05, 0.1) is 11.4 Å². The van der Waals surface area contributed by atoms with Gasteiger partial charge in [0, 0.05) is 0 Å². The number of nitrogens with one attached hydrogen (secondary N) is 2. The van der Waals surface area contributed by atoms with Gasteiger partial charge in [0.25, 0.3) is 0 Å². The van der Waals surface area contributed by atoms with Crippen molar-refractivity contribution >= 4 is 28.6 Å². The molecule has 1 atom stereocenters. The van der Waals surface area contributed by atoms with E-state index in [1.807, 2.05) is 6.26 Å². The second kappa shape index (κ2) is 5.61. The molecule has 5 nitrogen and oxygen atoms in total. The average Bonchev–Trinajstić information content (AvgIpc) is 2.99. The van der Waals surface area contributed by atoms with Crippen molar-refractivity contribution in [1.29, 1.82) is 0 Å². The Morgan fingerprint density at radius 2 is 2.18 bits per heavy atom. The molecule has 22 heavy (non-hydrogen) atoms. The quantitative estimate of drug-likeness (QED) is 0.724. The summed E-state index contributed by atoms with van der Waals surface area (Å²) < 4.78 is 0. The molecule has 1 aliphatic carbocycles. The van der Waals surface area contributed by atoms with Gasteiger partial charge in [-0.25, -0.2) is 9.97 Å². The van der Waals surface area contributed by atoms with Gasteiger partial charge in [-0.2, -0.15) is 5.10 Å². The summed E-state index contributed by atoms with van der Waals surface area (Å²) >= 11 is 1.60. The van der Waals surface area contributed by atoms with Crippen molar-refractivity contribution < 1.29 is 0 Å². The van der Waals surface area contributed by atoms with Crippen LogP contribution in [0.3, 0.4) is 0 Å². The van der Waals surface area contributed by atoms with Gasteiger partial charge in [-0.05, 0) is 36.6 Å². The zero-order valence-corrected chi connectivity index (χ0v) is 13.2. The molecule has 2 N–H and O–H groups in total. The second-order valence-electron chi connectivity index (χ2n) is 5.47. The van der Waals surface area contributed by atoms with Crippen LogP contribution in [0.4, 0.5) is 5.82 Å². The van der Waals surface area contributed by atoms with E-state index < -0.39 is 0 Å². The third kappa shape index (κ3) is 2.23. The molecule has 2 aromatic heterocycles. The van der Waals surface area contributed by atoms with Crippen LogP contribution in [-0.4, -0.2) is 26.4 Å². The molecule has 0 amide bonds. The first-order valence-electron chi connectivity index (χ1n) is 7.44. The number of fused-ring (bicyclic) bond motifs is 2. The molecule has 0 radical (unpaired) electrons. The van der Waals surface area contributed by atoms with Crippen molar-refractivity contribution in [3.8, 4) is 0 Å². The van der Waals surface area contributed by atoms with E-state index in [0.29, 0.717) is 6.04 Å². The fourth-order valence-electron chi connectivity index (χ4n) is 3.16. The maximum Gasteiger partial charge on any atom is 0.161 e. The van der Waals surface area contributed by atoms with Gasteiger partial charge in [-0.1, -0.05) is 24.3 Å². The molecule has 1 aliphatic rings. The highest BCUT2D eigenvalue weighted by molar-refractivity contribution is 7.98. The van der Waals surface area contributed by atoms with Crippen LogP contribution in [0.15, 0.2) is 35.6 Å². The molecule has 6 heteroatoms. The Labute approximate surface area is 132 Å². The number of thioether (sulfide) groups is 1. The highest BCUT2D eigenvalue weighted by Crippen LogP contribution is 2.35. The Hall–Kier alpha value is -2.08. The van der Waals surface area contributed by atoms with Gasteiger partial charge in [-0.15, -0.1) is 11.8 Å². The lowest BCUT2D eigenvalue weighted by Crippen LogP contribution is -2.18. The summed E-state index contributed by atoms with van der Waals surface area (Å²) in [7, 11) is 0. The number of nitrogens with zero attached hydrogens (tertiary/aromatic N) is 3.